The largest absolute Gasteiger partial charge is 0.356 e. The van der Waals surface area contributed by atoms with Gasteiger partial charge in [0.15, 0.2) is 0 Å². The fourth-order valence-corrected chi connectivity index (χ4v) is 7.28. The van der Waals surface area contributed by atoms with Crippen molar-refractivity contribution in [3.8, 4) is 0 Å². The summed E-state index contributed by atoms with van der Waals surface area (Å²) in [7, 11) is -6.28. The Morgan fingerprint density at radius 2 is 1.15 bits per heavy atom. The van der Waals surface area contributed by atoms with E-state index in [2.05, 4.69) is 77.3 Å². The number of piperidine rings is 2. The molecule has 0 radical (unpaired) electrons. The zero-order valence-electron chi connectivity index (χ0n) is 27.8. The first-order valence-corrected chi connectivity index (χ1v) is 19.4. The first kappa shape index (κ1) is 39.6. The van der Waals surface area contributed by atoms with Crippen LogP contribution in [0.25, 0.3) is 21.8 Å². The summed E-state index contributed by atoms with van der Waals surface area (Å²) in [5.41, 5.74) is 4.25. The van der Waals surface area contributed by atoms with Gasteiger partial charge in [-0.3, -0.25) is 0 Å². The lowest BCUT2D eigenvalue weighted by Crippen LogP contribution is -2.41. The number of halogens is 2. The third-order valence-corrected chi connectivity index (χ3v) is 9.83. The van der Waals surface area contributed by atoms with E-state index in [1.54, 1.807) is 12.7 Å². The maximum Gasteiger partial charge on any atom is 0.208 e. The van der Waals surface area contributed by atoms with Crippen molar-refractivity contribution < 1.29 is 16.8 Å². The van der Waals surface area contributed by atoms with Gasteiger partial charge < -0.3 is 9.80 Å². The minimum absolute atomic E-state index is 0. The fraction of sp³-hybridized carbons (Fsp3) is 0.500. The van der Waals surface area contributed by atoms with Gasteiger partial charge in [-0.15, -0.1) is 24.8 Å². The van der Waals surface area contributed by atoms with Gasteiger partial charge in [-0.1, -0.05) is 17.7 Å². The summed E-state index contributed by atoms with van der Waals surface area (Å²) < 4.78 is 50.4. The number of hydrogen-bond acceptors (Lipinski definition) is 10. The summed E-state index contributed by atoms with van der Waals surface area (Å²) in [4.78, 5) is 22.2. The van der Waals surface area contributed by atoms with Gasteiger partial charge >= 0.3 is 0 Å². The molecule has 12 nitrogen and oxygen atoms in total. The van der Waals surface area contributed by atoms with Crippen molar-refractivity contribution in [2.24, 2.45) is 11.8 Å². The number of nitrogens with zero attached hydrogens (tertiary/aromatic N) is 6. The van der Waals surface area contributed by atoms with Crippen LogP contribution in [0.2, 0.25) is 0 Å². The lowest BCUT2D eigenvalue weighted by atomic mass is 9.98. The molecule has 2 aliphatic rings. The molecule has 0 amide bonds. The normalized spacial score (nSPS) is 18.4. The van der Waals surface area contributed by atoms with Crippen LogP contribution in [0.4, 0.5) is 11.6 Å². The Balaban J connectivity index is 0.000000250. The molecule has 2 N–H and O–H groups in total. The van der Waals surface area contributed by atoms with Gasteiger partial charge in [0, 0.05) is 50.0 Å². The highest BCUT2D eigenvalue weighted by Crippen LogP contribution is 2.29. The lowest BCUT2D eigenvalue weighted by molar-refractivity contribution is 0.410. The minimum Gasteiger partial charge on any atom is -0.356 e. The van der Waals surface area contributed by atoms with E-state index in [-0.39, 0.29) is 24.8 Å². The molecule has 16 heteroatoms. The first-order valence-electron chi connectivity index (χ1n) is 15.7. The summed E-state index contributed by atoms with van der Waals surface area (Å²) in [5.74, 6) is 2.49. The molecule has 2 aromatic carbocycles. The average molecular weight is 742 g/mol. The van der Waals surface area contributed by atoms with Crippen LogP contribution in [0.3, 0.4) is 0 Å². The van der Waals surface area contributed by atoms with Crippen LogP contribution in [0, 0.1) is 25.7 Å². The van der Waals surface area contributed by atoms with E-state index in [1.807, 2.05) is 12.1 Å². The number of anilines is 2. The molecule has 48 heavy (non-hydrogen) atoms. The van der Waals surface area contributed by atoms with Crippen LogP contribution < -0.4 is 19.2 Å². The van der Waals surface area contributed by atoms with Gasteiger partial charge in [0.05, 0.1) is 23.5 Å². The monoisotopic (exact) mass is 740 g/mol. The van der Waals surface area contributed by atoms with Gasteiger partial charge in [0.1, 0.15) is 24.3 Å². The smallest absolute Gasteiger partial charge is 0.208 e. The van der Waals surface area contributed by atoms with Crippen molar-refractivity contribution >= 4 is 78.3 Å². The predicted octanol–water partition coefficient (Wildman–Crippen LogP) is 4.25. The Kier molecular flexibility index (Phi) is 14.2. The number of fused-ring (bicyclic) bond motifs is 2. The molecule has 264 valence electrons. The summed E-state index contributed by atoms with van der Waals surface area (Å²) in [6, 6.07) is 12.4. The molecule has 2 atom stereocenters. The summed E-state index contributed by atoms with van der Waals surface area (Å²) in [6.45, 7) is 8.57. The zero-order valence-corrected chi connectivity index (χ0v) is 31.1. The zero-order chi connectivity index (χ0) is 32.9. The van der Waals surface area contributed by atoms with Gasteiger partial charge in [-0.05, 0) is 81.2 Å². The number of aryl methyl sites for hydroxylation is 2. The Morgan fingerprint density at radius 1 is 0.667 bits per heavy atom. The topological polar surface area (TPSA) is 150 Å². The third kappa shape index (κ3) is 11.1. The predicted molar refractivity (Wildman–Crippen MR) is 199 cm³/mol. The highest BCUT2D eigenvalue weighted by molar-refractivity contribution is 7.89. The number of nitrogens with one attached hydrogen (secondary N) is 2. The van der Waals surface area contributed by atoms with Crippen LogP contribution in [-0.2, 0) is 20.0 Å². The summed E-state index contributed by atoms with van der Waals surface area (Å²) >= 11 is 0. The molecular weight excluding hydrogens is 695 g/mol. The molecule has 2 unspecified atom stereocenters. The average Bonchev–Trinajstić information content (AvgIpc) is 3.02. The molecule has 4 aromatic rings. The Morgan fingerprint density at radius 3 is 1.69 bits per heavy atom. The molecule has 0 spiro atoms. The third-order valence-electron chi connectivity index (χ3n) is 8.45. The van der Waals surface area contributed by atoms with Crippen molar-refractivity contribution in [1.82, 2.24) is 29.4 Å². The Bertz CT molecular complexity index is 1900. The van der Waals surface area contributed by atoms with E-state index < -0.39 is 20.0 Å². The van der Waals surface area contributed by atoms with E-state index >= 15 is 0 Å². The van der Waals surface area contributed by atoms with Crippen molar-refractivity contribution in [3.05, 3.63) is 60.2 Å². The van der Waals surface area contributed by atoms with Crippen molar-refractivity contribution in [3.63, 3.8) is 0 Å². The molecule has 2 aromatic heterocycles. The minimum atomic E-state index is -3.14. The molecule has 6 rings (SSSR count). The molecule has 0 saturated carbocycles. The van der Waals surface area contributed by atoms with Crippen LogP contribution in [0.5, 0.6) is 0 Å². The second-order valence-corrected chi connectivity index (χ2v) is 16.3. The number of hydrogen-bond donors (Lipinski definition) is 2. The van der Waals surface area contributed by atoms with Crippen molar-refractivity contribution in [1.29, 1.82) is 0 Å². The Labute approximate surface area is 296 Å². The first-order chi connectivity index (χ1) is 21.8. The lowest BCUT2D eigenvalue weighted by Gasteiger charge is -2.34. The molecule has 2 fully saturated rings. The van der Waals surface area contributed by atoms with E-state index in [9.17, 15) is 16.8 Å². The number of sulfonamides is 2. The molecule has 4 heterocycles. The highest BCUT2D eigenvalue weighted by Gasteiger charge is 2.24. The molecule has 2 saturated heterocycles. The summed E-state index contributed by atoms with van der Waals surface area (Å²) in [5, 5.41) is 2.11. The summed E-state index contributed by atoms with van der Waals surface area (Å²) in [6.07, 6.45) is 9.74. The molecular formula is C32H46Cl2N8O4S2. The van der Waals surface area contributed by atoms with Gasteiger partial charge in [0.2, 0.25) is 20.0 Å². The second-order valence-electron chi connectivity index (χ2n) is 12.6. The van der Waals surface area contributed by atoms with E-state index in [4.69, 9.17) is 0 Å². The van der Waals surface area contributed by atoms with E-state index in [0.717, 1.165) is 85.3 Å². The SMILES string of the molecule is Cc1ccc2c(N3CCCC(CNS(C)(=O)=O)C3)ncnc2c1.Cc1ccc2ncnc(N3CCCC(CNS(C)(=O)=O)C3)c2c1.Cl.Cl. The van der Waals surface area contributed by atoms with Crippen molar-refractivity contribution in [2.45, 2.75) is 39.5 Å². The van der Waals surface area contributed by atoms with Gasteiger partial charge in [-0.2, -0.15) is 0 Å². The highest BCUT2D eigenvalue weighted by atomic mass is 35.5. The van der Waals surface area contributed by atoms with Gasteiger partial charge in [0.25, 0.3) is 0 Å². The molecule has 0 bridgehead atoms. The molecule has 0 aliphatic carbocycles. The number of rotatable bonds is 8. The standard InChI is InChI=1S/2C16H22N4O2S.2ClH/c1-12-5-6-15-14(8-12)16(18-11-17-15)20-7-3-4-13(10-20)9-19-23(2,21)22;1-12-5-6-14-15(8-12)17-11-18-16(14)20-7-3-4-13(10-20)9-19-23(2,21)22;;/h2*5-6,8,11,13,19H,3-4,7,9-10H2,1-2H3;2*1H. The number of benzene rings is 2. The van der Waals surface area contributed by atoms with Crippen LogP contribution in [0.1, 0.15) is 36.8 Å². The van der Waals surface area contributed by atoms with Crippen LogP contribution >= 0.6 is 24.8 Å². The van der Waals surface area contributed by atoms with E-state index in [1.165, 1.54) is 23.6 Å². The van der Waals surface area contributed by atoms with Crippen LogP contribution in [0.15, 0.2) is 49.1 Å². The van der Waals surface area contributed by atoms with Crippen molar-refractivity contribution in [2.75, 3.05) is 61.6 Å². The van der Waals surface area contributed by atoms with Gasteiger partial charge in [-0.25, -0.2) is 46.2 Å². The second kappa shape index (κ2) is 17.2. The maximum absolute atomic E-state index is 11.3. The fourth-order valence-electron chi connectivity index (χ4n) is 6.20. The Hall–Kier alpha value is -2.88. The quantitative estimate of drug-likeness (QED) is 0.269. The van der Waals surface area contributed by atoms with E-state index in [0.29, 0.717) is 24.9 Å². The molecule has 2 aliphatic heterocycles. The maximum atomic E-state index is 11.3. The van der Waals surface area contributed by atoms with Crippen LogP contribution in [-0.4, -0.2) is 88.6 Å². The number of aromatic nitrogens is 4.